The summed E-state index contributed by atoms with van der Waals surface area (Å²) in [5.74, 6) is 0.784. The Kier molecular flexibility index (Phi) is 4.51. The molecule has 4 rings (SSSR count). The van der Waals surface area contributed by atoms with Crippen LogP contribution in [-0.2, 0) is 9.59 Å². The zero-order chi connectivity index (χ0) is 18.1. The Morgan fingerprint density at radius 2 is 1.85 bits per heavy atom. The van der Waals surface area contributed by atoms with E-state index in [1.54, 1.807) is 0 Å². The molecular weight excluding hydrogens is 334 g/mol. The number of amides is 1. The number of ether oxygens (including phenoxy) is 2. The summed E-state index contributed by atoms with van der Waals surface area (Å²) < 4.78 is 11.1. The fourth-order valence-electron chi connectivity index (χ4n) is 4.23. The van der Waals surface area contributed by atoms with Crippen molar-refractivity contribution < 1.29 is 24.2 Å². The monoisotopic (exact) mass is 359 g/mol. The first-order valence-electron chi connectivity index (χ1n) is 9.50. The lowest BCUT2D eigenvalue weighted by molar-refractivity contribution is -0.151. The number of rotatable bonds is 5. The molecule has 1 aromatic rings. The Bertz CT molecular complexity index is 710. The second-order valence-corrected chi connectivity index (χ2v) is 7.72. The number of fused-ring (bicyclic) bond motifs is 1. The Morgan fingerprint density at radius 1 is 1.12 bits per heavy atom. The van der Waals surface area contributed by atoms with Gasteiger partial charge in [0.15, 0.2) is 11.5 Å². The number of hydrogen-bond donors (Lipinski definition) is 2. The maximum absolute atomic E-state index is 12.5. The number of benzene rings is 1. The van der Waals surface area contributed by atoms with E-state index >= 15 is 0 Å². The van der Waals surface area contributed by atoms with Gasteiger partial charge in [0.25, 0.3) is 0 Å². The van der Waals surface area contributed by atoms with Gasteiger partial charge in [0.05, 0.1) is 5.41 Å². The normalized spacial score (nSPS) is 26.0. The highest BCUT2D eigenvalue weighted by Crippen LogP contribution is 2.49. The number of aliphatic carboxylic acids is 1. The van der Waals surface area contributed by atoms with E-state index in [4.69, 9.17) is 9.47 Å². The second kappa shape index (κ2) is 6.82. The molecule has 26 heavy (non-hydrogen) atoms. The van der Waals surface area contributed by atoms with Crippen molar-refractivity contribution in [3.8, 4) is 11.5 Å². The van der Waals surface area contributed by atoms with Crippen molar-refractivity contribution in [2.75, 3.05) is 19.8 Å². The summed E-state index contributed by atoms with van der Waals surface area (Å²) in [6, 6.07) is 5.86. The first kappa shape index (κ1) is 17.2. The predicted molar refractivity (Wildman–Crippen MR) is 94.4 cm³/mol. The van der Waals surface area contributed by atoms with Crippen molar-refractivity contribution >= 4 is 11.9 Å². The fourth-order valence-corrected chi connectivity index (χ4v) is 4.23. The van der Waals surface area contributed by atoms with E-state index in [1.165, 1.54) is 0 Å². The first-order valence-corrected chi connectivity index (χ1v) is 9.50. The van der Waals surface area contributed by atoms with Crippen LogP contribution in [0.5, 0.6) is 11.5 Å². The maximum atomic E-state index is 12.5. The minimum atomic E-state index is -0.782. The molecule has 0 spiro atoms. The summed E-state index contributed by atoms with van der Waals surface area (Å²) in [6.45, 7) is 1.35. The third kappa shape index (κ3) is 3.24. The van der Waals surface area contributed by atoms with E-state index in [9.17, 15) is 14.7 Å². The van der Waals surface area contributed by atoms with Crippen LogP contribution < -0.4 is 14.8 Å². The van der Waals surface area contributed by atoms with E-state index in [-0.39, 0.29) is 24.3 Å². The number of nitrogens with one attached hydrogen (secondary N) is 1. The largest absolute Gasteiger partial charge is 0.486 e. The molecule has 0 saturated heterocycles. The molecule has 2 atom stereocenters. The van der Waals surface area contributed by atoms with Crippen LogP contribution in [0.25, 0.3) is 0 Å². The number of carbonyl (C=O) groups excluding carboxylic acids is 1. The summed E-state index contributed by atoms with van der Waals surface area (Å²) >= 11 is 0. The minimum absolute atomic E-state index is 0.0314. The smallest absolute Gasteiger partial charge is 0.311 e. The van der Waals surface area contributed by atoms with Crippen molar-refractivity contribution in [1.82, 2.24) is 5.32 Å². The van der Waals surface area contributed by atoms with Crippen LogP contribution in [0.15, 0.2) is 18.2 Å². The summed E-state index contributed by atoms with van der Waals surface area (Å²) in [5, 5.41) is 12.5. The van der Waals surface area contributed by atoms with Gasteiger partial charge in [0, 0.05) is 12.5 Å². The Hall–Kier alpha value is -2.24. The number of carboxylic acid groups (broad SMARTS) is 1. The molecule has 1 aromatic carbocycles. The lowest BCUT2D eigenvalue weighted by Crippen LogP contribution is -2.44. The average molecular weight is 359 g/mol. The van der Waals surface area contributed by atoms with E-state index in [2.05, 4.69) is 5.32 Å². The second-order valence-electron chi connectivity index (χ2n) is 7.72. The molecule has 0 aromatic heterocycles. The molecule has 0 radical (unpaired) electrons. The molecule has 1 aliphatic heterocycles. The summed E-state index contributed by atoms with van der Waals surface area (Å²) in [7, 11) is 0. The van der Waals surface area contributed by atoms with Gasteiger partial charge in [0.2, 0.25) is 5.91 Å². The topological polar surface area (TPSA) is 84.9 Å². The van der Waals surface area contributed by atoms with Crippen LogP contribution >= 0.6 is 0 Å². The summed E-state index contributed by atoms with van der Waals surface area (Å²) in [5.41, 5.74) is 0.301. The van der Waals surface area contributed by atoms with Crippen LogP contribution in [0.3, 0.4) is 0 Å². The highest BCUT2D eigenvalue weighted by atomic mass is 16.6. The number of hydrogen-bond acceptors (Lipinski definition) is 4. The Labute approximate surface area is 152 Å². The molecule has 2 N–H and O–H groups in total. The van der Waals surface area contributed by atoms with Crippen molar-refractivity contribution in [1.29, 1.82) is 0 Å². The molecule has 2 unspecified atom stereocenters. The fraction of sp³-hybridized carbons (Fsp3) is 0.600. The lowest BCUT2D eigenvalue weighted by atomic mass is 9.74. The Morgan fingerprint density at radius 3 is 2.58 bits per heavy atom. The van der Waals surface area contributed by atoms with Crippen LogP contribution in [0.2, 0.25) is 0 Å². The highest BCUT2D eigenvalue weighted by Gasteiger charge is 2.46. The van der Waals surface area contributed by atoms with Crippen LogP contribution in [-0.4, -0.2) is 36.7 Å². The molecule has 0 bridgehead atoms. The van der Waals surface area contributed by atoms with E-state index in [0.29, 0.717) is 26.1 Å². The van der Waals surface area contributed by atoms with Gasteiger partial charge in [-0.1, -0.05) is 25.3 Å². The number of carbonyl (C=O) groups is 2. The molecule has 6 heteroatoms. The van der Waals surface area contributed by atoms with Gasteiger partial charge in [0.1, 0.15) is 13.2 Å². The summed E-state index contributed by atoms with van der Waals surface area (Å²) in [6.07, 6.45) is 5.03. The van der Waals surface area contributed by atoms with Crippen LogP contribution in [0, 0.1) is 11.3 Å². The van der Waals surface area contributed by atoms with E-state index in [1.807, 2.05) is 18.2 Å². The summed E-state index contributed by atoms with van der Waals surface area (Å²) in [4.78, 5) is 24.2. The highest BCUT2D eigenvalue weighted by molar-refractivity contribution is 5.84. The quantitative estimate of drug-likeness (QED) is 0.844. The predicted octanol–water partition coefficient (Wildman–Crippen LogP) is 2.71. The third-order valence-electron chi connectivity index (χ3n) is 5.99. The molecule has 6 nitrogen and oxygen atoms in total. The van der Waals surface area contributed by atoms with E-state index < -0.39 is 11.4 Å². The van der Waals surface area contributed by atoms with Gasteiger partial charge in [-0.2, -0.15) is 0 Å². The Balaban J connectivity index is 1.36. The molecule has 2 fully saturated rings. The van der Waals surface area contributed by atoms with Crippen LogP contribution in [0.4, 0.5) is 0 Å². The minimum Gasteiger partial charge on any atom is -0.486 e. The van der Waals surface area contributed by atoms with Gasteiger partial charge in [-0.25, -0.2) is 0 Å². The number of carboxylic acids is 1. The first-order chi connectivity index (χ1) is 12.6. The van der Waals surface area contributed by atoms with Crippen molar-refractivity contribution in [3.05, 3.63) is 23.8 Å². The third-order valence-corrected chi connectivity index (χ3v) is 5.99. The zero-order valence-corrected chi connectivity index (χ0v) is 14.8. The van der Waals surface area contributed by atoms with Crippen molar-refractivity contribution in [2.45, 2.75) is 44.4 Å². The van der Waals surface area contributed by atoms with Gasteiger partial charge in [-0.3, -0.25) is 9.59 Å². The standard InChI is InChI=1S/C20H25NO5/c22-18(21-12-20(19(23)24)6-2-1-3-7-20)15-11-14(15)13-4-5-16-17(10-13)26-9-8-25-16/h4-5,10,14-15H,1-3,6-9,11-12H2,(H,21,22)(H,23,24). The maximum Gasteiger partial charge on any atom is 0.311 e. The molecule has 2 aliphatic carbocycles. The lowest BCUT2D eigenvalue weighted by Gasteiger charge is -2.33. The molecule has 140 valence electrons. The molecule has 1 heterocycles. The van der Waals surface area contributed by atoms with Gasteiger partial charge >= 0.3 is 5.97 Å². The SMILES string of the molecule is O=C(NCC1(C(=O)O)CCCCC1)C1CC1c1ccc2c(c1)OCCO2. The molecule has 2 saturated carbocycles. The van der Waals surface area contributed by atoms with Crippen molar-refractivity contribution in [3.63, 3.8) is 0 Å². The zero-order valence-electron chi connectivity index (χ0n) is 14.8. The van der Waals surface area contributed by atoms with Crippen LogP contribution in [0.1, 0.15) is 50.0 Å². The molecular formula is C20H25NO5. The van der Waals surface area contributed by atoms with Gasteiger partial charge < -0.3 is 19.9 Å². The van der Waals surface area contributed by atoms with E-state index in [0.717, 1.165) is 42.7 Å². The molecule has 3 aliphatic rings. The van der Waals surface area contributed by atoms with Gasteiger partial charge in [-0.15, -0.1) is 0 Å². The average Bonchev–Trinajstić information content (AvgIpc) is 3.47. The molecule has 1 amide bonds. The van der Waals surface area contributed by atoms with Gasteiger partial charge in [-0.05, 0) is 42.9 Å². The van der Waals surface area contributed by atoms with Crippen molar-refractivity contribution in [2.24, 2.45) is 11.3 Å².